The summed E-state index contributed by atoms with van der Waals surface area (Å²) in [5, 5.41) is 17.0. The standard InChI is InChI=1S/C20H14F2N6O2/c21-13-10-14(22)12-16(11-13)25-20(29)24-15-2-4-17(5-3-15)30-19-7-6-18(26-27-19)28-9-1-8-23-28/h1-12H,(H2,24,25,29). The summed E-state index contributed by atoms with van der Waals surface area (Å²) in [6, 6.07) is 13.7. The Morgan fingerprint density at radius 3 is 2.27 bits per heavy atom. The molecule has 2 N–H and O–H groups in total. The third-order valence-corrected chi connectivity index (χ3v) is 3.82. The van der Waals surface area contributed by atoms with Crippen LogP contribution in [0.5, 0.6) is 11.6 Å². The quantitative estimate of drug-likeness (QED) is 0.511. The van der Waals surface area contributed by atoms with Crippen molar-refractivity contribution < 1.29 is 18.3 Å². The maximum atomic E-state index is 13.2. The lowest BCUT2D eigenvalue weighted by atomic mass is 10.3. The fourth-order valence-corrected chi connectivity index (χ4v) is 2.54. The number of ether oxygens (including phenoxy) is 1. The number of nitrogens with one attached hydrogen (secondary N) is 2. The van der Waals surface area contributed by atoms with E-state index >= 15 is 0 Å². The molecule has 0 aliphatic carbocycles. The Balaban J connectivity index is 1.35. The Morgan fingerprint density at radius 2 is 1.63 bits per heavy atom. The van der Waals surface area contributed by atoms with E-state index in [2.05, 4.69) is 25.9 Å². The number of hydrogen-bond donors (Lipinski definition) is 2. The predicted molar refractivity (Wildman–Crippen MR) is 105 cm³/mol. The Bertz CT molecular complexity index is 1130. The molecule has 0 aliphatic heterocycles. The second-order valence-corrected chi connectivity index (χ2v) is 6.04. The molecule has 4 rings (SSSR count). The van der Waals surface area contributed by atoms with E-state index in [0.29, 0.717) is 17.3 Å². The smallest absolute Gasteiger partial charge is 0.323 e. The van der Waals surface area contributed by atoms with Crippen LogP contribution in [0.2, 0.25) is 0 Å². The van der Waals surface area contributed by atoms with Gasteiger partial charge in [-0.2, -0.15) is 5.10 Å². The van der Waals surface area contributed by atoms with Crippen LogP contribution in [-0.4, -0.2) is 26.0 Å². The molecular formula is C20H14F2N6O2. The monoisotopic (exact) mass is 408 g/mol. The number of rotatable bonds is 5. The summed E-state index contributed by atoms with van der Waals surface area (Å²) >= 11 is 0. The molecular weight excluding hydrogens is 394 g/mol. The van der Waals surface area contributed by atoms with Gasteiger partial charge in [-0.1, -0.05) is 0 Å². The van der Waals surface area contributed by atoms with Gasteiger partial charge in [0.25, 0.3) is 0 Å². The summed E-state index contributed by atoms with van der Waals surface area (Å²) in [7, 11) is 0. The lowest BCUT2D eigenvalue weighted by Crippen LogP contribution is -2.19. The minimum atomic E-state index is -0.785. The molecule has 0 bridgehead atoms. The summed E-state index contributed by atoms with van der Waals surface area (Å²) < 4.78 is 33.6. The number of nitrogens with zero attached hydrogens (tertiary/aromatic N) is 4. The number of aromatic nitrogens is 4. The van der Waals surface area contributed by atoms with E-state index in [1.807, 2.05) is 0 Å². The molecule has 2 aromatic carbocycles. The first-order chi connectivity index (χ1) is 14.5. The highest BCUT2D eigenvalue weighted by Gasteiger charge is 2.07. The molecule has 0 saturated carbocycles. The SMILES string of the molecule is O=C(Nc1ccc(Oc2ccc(-n3cccn3)nn2)cc1)Nc1cc(F)cc(F)c1. The second kappa shape index (κ2) is 8.35. The Labute approximate surface area is 169 Å². The van der Waals surface area contributed by atoms with Crippen molar-refractivity contribution in [3.8, 4) is 17.4 Å². The maximum Gasteiger partial charge on any atom is 0.323 e. The predicted octanol–water partition coefficient (Wildman–Crippen LogP) is 4.38. The van der Waals surface area contributed by atoms with E-state index in [4.69, 9.17) is 4.74 Å². The van der Waals surface area contributed by atoms with Crippen LogP contribution in [0.1, 0.15) is 0 Å². The van der Waals surface area contributed by atoms with E-state index in [-0.39, 0.29) is 11.6 Å². The van der Waals surface area contributed by atoms with Crippen molar-refractivity contribution >= 4 is 17.4 Å². The highest BCUT2D eigenvalue weighted by Crippen LogP contribution is 2.22. The molecule has 0 fully saturated rings. The van der Waals surface area contributed by atoms with Crippen molar-refractivity contribution in [2.45, 2.75) is 0 Å². The molecule has 30 heavy (non-hydrogen) atoms. The van der Waals surface area contributed by atoms with Crippen LogP contribution in [0.15, 0.2) is 73.1 Å². The van der Waals surface area contributed by atoms with Crippen LogP contribution in [0.25, 0.3) is 5.82 Å². The zero-order chi connectivity index (χ0) is 20.9. The topological polar surface area (TPSA) is 94.0 Å². The molecule has 8 nitrogen and oxygen atoms in total. The van der Waals surface area contributed by atoms with Crippen molar-refractivity contribution in [1.29, 1.82) is 0 Å². The van der Waals surface area contributed by atoms with Gasteiger partial charge in [-0.15, -0.1) is 10.2 Å². The number of anilines is 2. The molecule has 150 valence electrons. The van der Waals surface area contributed by atoms with Gasteiger partial charge >= 0.3 is 6.03 Å². The van der Waals surface area contributed by atoms with E-state index in [0.717, 1.165) is 18.2 Å². The van der Waals surface area contributed by atoms with Gasteiger partial charge in [-0.25, -0.2) is 18.3 Å². The van der Waals surface area contributed by atoms with E-state index in [9.17, 15) is 13.6 Å². The molecule has 2 aromatic heterocycles. The van der Waals surface area contributed by atoms with Gasteiger partial charge in [0.15, 0.2) is 5.82 Å². The van der Waals surface area contributed by atoms with Crippen molar-refractivity contribution in [3.05, 3.63) is 84.7 Å². The van der Waals surface area contributed by atoms with Crippen LogP contribution in [0.3, 0.4) is 0 Å². The van der Waals surface area contributed by atoms with E-state index < -0.39 is 17.7 Å². The highest BCUT2D eigenvalue weighted by atomic mass is 19.1. The summed E-state index contributed by atoms with van der Waals surface area (Å²) in [6.45, 7) is 0. The minimum absolute atomic E-state index is 0.00193. The average Bonchev–Trinajstić information content (AvgIpc) is 3.24. The number of urea groups is 1. The number of halogens is 2. The first-order valence-corrected chi connectivity index (χ1v) is 8.71. The Kier molecular flexibility index (Phi) is 5.29. The van der Waals surface area contributed by atoms with Gasteiger partial charge in [-0.05, 0) is 48.5 Å². The van der Waals surface area contributed by atoms with Crippen LogP contribution < -0.4 is 15.4 Å². The lowest BCUT2D eigenvalue weighted by molar-refractivity contribution is 0.262. The molecule has 2 amide bonds. The molecule has 0 aliphatic rings. The molecule has 2 heterocycles. The Hall–Kier alpha value is -4.34. The molecule has 10 heteroatoms. The molecule has 0 spiro atoms. The van der Waals surface area contributed by atoms with Gasteiger partial charge in [-0.3, -0.25) is 0 Å². The number of benzene rings is 2. The summed E-state index contributed by atoms with van der Waals surface area (Å²) in [5.74, 6) is -0.247. The maximum absolute atomic E-state index is 13.2. The number of carbonyl (C=O) groups is 1. The van der Waals surface area contributed by atoms with Crippen LogP contribution >= 0.6 is 0 Å². The Morgan fingerprint density at radius 1 is 0.900 bits per heavy atom. The van der Waals surface area contributed by atoms with Gasteiger partial charge in [0.2, 0.25) is 5.88 Å². The second-order valence-electron chi connectivity index (χ2n) is 6.04. The highest BCUT2D eigenvalue weighted by molar-refractivity contribution is 5.99. The molecule has 0 radical (unpaired) electrons. The minimum Gasteiger partial charge on any atom is -0.438 e. The van der Waals surface area contributed by atoms with Crippen molar-refractivity contribution in [2.75, 3.05) is 10.6 Å². The molecule has 0 saturated heterocycles. The zero-order valence-electron chi connectivity index (χ0n) is 15.3. The van der Waals surface area contributed by atoms with E-state index in [1.165, 1.54) is 0 Å². The van der Waals surface area contributed by atoms with Crippen LogP contribution in [0.4, 0.5) is 25.0 Å². The summed E-state index contributed by atoms with van der Waals surface area (Å²) in [5.41, 5.74) is 0.457. The first kappa shape index (κ1) is 19.0. The van der Waals surface area contributed by atoms with Crippen LogP contribution in [-0.2, 0) is 0 Å². The van der Waals surface area contributed by atoms with Crippen molar-refractivity contribution in [2.24, 2.45) is 0 Å². The average molecular weight is 408 g/mol. The largest absolute Gasteiger partial charge is 0.438 e. The van der Waals surface area contributed by atoms with Crippen LogP contribution in [0, 0.1) is 11.6 Å². The number of amides is 2. The lowest BCUT2D eigenvalue weighted by Gasteiger charge is -2.09. The molecule has 0 atom stereocenters. The molecule has 4 aromatic rings. The fraction of sp³-hybridized carbons (Fsp3) is 0. The third kappa shape index (κ3) is 4.73. The van der Waals surface area contributed by atoms with Gasteiger partial charge in [0, 0.05) is 35.9 Å². The number of hydrogen-bond acceptors (Lipinski definition) is 5. The normalized spacial score (nSPS) is 10.5. The van der Waals surface area contributed by atoms with Gasteiger partial charge < -0.3 is 15.4 Å². The van der Waals surface area contributed by atoms with Crippen molar-refractivity contribution in [3.63, 3.8) is 0 Å². The summed E-state index contributed by atoms with van der Waals surface area (Å²) in [6.07, 6.45) is 3.38. The molecule has 0 unspecified atom stereocenters. The number of carbonyl (C=O) groups excluding carboxylic acids is 1. The third-order valence-electron chi connectivity index (χ3n) is 3.82. The van der Waals surface area contributed by atoms with Crippen molar-refractivity contribution in [1.82, 2.24) is 20.0 Å². The zero-order valence-corrected chi connectivity index (χ0v) is 15.3. The first-order valence-electron chi connectivity index (χ1n) is 8.71. The van der Waals surface area contributed by atoms with Gasteiger partial charge in [0.1, 0.15) is 17.4 Å². The van der Waals surface area contributed by atoms with Gasteiger partial charge in [0.05, 0.1) is 0 Å². The fourth-order valence-electron chi connectivity index (χ4n) is 2.54. The van der Waals surface area contributed by atoms with E-state index in [1.54, 1.807) is 59.5 Å². The summed E-state index contributed by atoms with van der Waals surface area (Å²) in [4.78, 5) is 12.0.